The summed E-state index contributed by atoms with van der Waals surface area (Å²) in [6.07, 6.45) is 2.03. The Morgan fingerprint density at radius 1 is 0.933 bits per heavy atom. The Morgan fingerprint density at radius 2 is 1.67 bits per heavy atom. The summed E-state index contributed by atoms with van der Waals surface area (Å²) in [5, 5.41) is 2.63. The van der Waals surface area contributed by atoms with E-state index in [4.69, 9.17) is 12.2 Å². The van der Waals surface area contributed by atoms with Crippen molar-refractivity contribution < 1.29 is 14.0 Å². The molecule has 2 amide bonds. The second-order valence-corrected chi connectivity index (χ2v) is 7.19. The molecule has 0 atom stereocenters. The summed E-state index contributed by atoms with van der Waals surface area (Å²) in [6.45, 7) is 0. The number of para-hydroxylation sites is 1. The van der Waals surface area contributed by atoms with Crippen LogP contribution in [0.15, 0.2) is 84.4 Å². The van der Waals surface area contributed by atoms with Crippen LogP contribution >= 0.6 is 12.2 Å². The molecule has 148 valence electrons. The Hall–Kier alpha value is -3.64. The van der Waals surface area contributed by atoms with Crippen molar-refractivity contribution >= 4 is 40.9 Å². The Morgan fingerprint density at radius 3 is 2.43 bits per heavy atom. The van der Waals surface area contributed by atoms with Gasteiger partial charge >= 0.3 is 0 Å². The van der Waals surface area contributed by atoms with Crippen LogP contribution in [0.25, 0.3) is 6.08 Å². The number of benzene rings is 3. The van der Waals surface area contributed by atoms with Gasteiger partial charge in [0.25, 0.3) is 11.8 Å². The van der Waals surface area contributed by atoms with Crippen LogP contribution in [0.5, 0.6) is 0 Å². The molecule has 0 aliphatic carbocycles. The van der Waals surface area contributed by atoms with Crippen LogP contribution in [-0.2, 0) is 16.0 Å². The van der Waals surface area contributed by atoms with Gasteiger partial charge in [0.15, 0.2) is 5.11 Å². The smallest absolute Gasteiger partial charge is 0.270 e. The molecule has 30 heavy (non-hydrogen) atoms. The molecule has 4 rings (SSSR count). The van der Waals surface area contributed by atoms with Crippen LogP contribution in [0, 0.1) is 5.82 Å². The van der Waals surface area contributed by atoms with E-state index in [0.29, 0.717) is 17.7 Å². The fourth-order valence-electron chi connectivity index (χ4n) is 3.33. The number of amides is 2. The summed E-state index contributed by atoms with van der Waals surface area (Å²) < 4.78 is 13.6. The van der Waals surface area contributed by atoms with Gasteiger partial charge < -0.3 is 0 Å². The second kappa shape index (κ2) is 8.39. The van der Waals surface area contributed by atoms with Crippen LogP contribution in [-0.4, -0.2) is 16.9 Å². The Labute approximate surface area is 178 Å². The highest BCUT2D eigenvalue weighted by Crippen LogP contribution is 2.23. The van der Waals surface area contributed by atoms with Gasteiger partial charge in [-0.1, -0.05) is 54.6 Å². The molecular formula is C24H17FN2O2S. The van der Waals surface area contributed by atoms with Crippen LogP contribution in [0.4, 0.5) is 10.1 Å². The summed E-state index contributed by atoms with van der Waals surface area (Å²) >= 11 is 5.22. The first-order valence-corrected chi connectivity index (χ1v) is 9.72. The lowest BCUT2D eigenvalue weighted by Crippen LogP contribution is -2.54. The fraction of sp³-hybridized carbons (Fsp3) is 0.0417. The number of halogens is 1. The number of carbonyl (C=O) groups excluding carboxylic acids is 2. The molecular weight excluding hydrogens is 399 g/mol. The standard InChI is InChI=1S/C24H17FN2O2S/c25-19-10-6-7-16(14-19)13-17-8-4-5-9-18(17)15-21-22(28)26-24(30)27(23(21)29)20-11-2-1-3-12-20/h1-12,14-15H,13H2,(H,26,28,30)/b21-15-. The highest BCUT2D eigenvalue weighted by atomic mass is 32.1. The molecule has 0 saturated carbocycles. The number of hydrogen-bond donors (Lipinski definition) is 1. The van der Waals surface area contributed by atoms with Crippen molar-refractivity contribution in [2.24, 2.45) is 0 Å². The molecule has 0 aromatic heterocycles. The van der Waals surface area contributed by atoms with Gasteiger partial charge in [-0.15, -0.1) is 0 Å². The lowest BCUT2D eigenvalue weighted by molar-refractivity contribution is -0.122. The molecule has 3 aromatic rings. The molecule has 1 saturated heterocycles. The Bertz CT molecular complexity index is 1170. The number of anilines is 1. The minimum absolute atomic E-state index is 0.0147. The third kappa shape index (κ3) is 4.04. The predicted molar refractivity (Wildman–Crippen MR) is 118 cm³/mol. The first kappa shape index (κ1) is 19.7. The van der Waals surface area contributed by atoms with Crippen molar-refractivity contribution in [3.05, 3.63) is 107 Å². The van der Waals surface area contributed by atoms with Gasteiger partial charge in [-0.25, -0.2) is 4.39 Å². The van der Waals surface area contributed by atoms with Gasteiger partial charge in [-0.2, -0.15) is 0 Å². The van der Waals surface area contributed by atoms with Crippen LogP contribution < -0.4 is 10.2 Å². The molecule has 1 N–H and O–H groups in total. The number of nitrogens with one attached hydrogen (secondary N) is 1. The highest BCUT2D eigenvalue weighted by Gasteiger charge is 2.34. The van der Waals surface area contributed by atoms with Gasteiger partial charge in [0.05, 0.1) is 5.69 Å². The molecule has 4 nitrogen and oxygen atoms in total. The third-order valence-electron chi connectivity index (χ3n) is 4.75. The van der Waals surface area contributed by atoms with E-state index in [0.717, 1.165) is 11.1 Å². The van der Waals surface area contributed by atoms with E-state index in [-0.39, 0.29) is 16.5 Å². The van der Waals surface area contributed by atoms with Crippen molar-refractivity contribution in [1.29, 1.82) is 0 Å². The van der Waals surface area contributed by atoms with Crippen molar-refractivity contribution in [2.45, 2.75) is 6.42 Å². The molecule has 0 unspecified atom stereocenters. The first-order valence-electron chi connectivity index (χ1n) is 9.32. The van der Waals surface area contributed by atoms with Gasteiger partial charge in [0.2, 0.25) is 0 Å². The molecule has 1 heterocycles. The lowest BCUT2D eigenvalue weighted by Gasteiger charge is -2.29. The van der Waals surface area contributed by atoms with Crippen molar-refractivity contribution in [1.82, 2.24) is 5.32 Å². The molecule has 0 spiro atoms. The van der Waals surface area contributed by atoms with E-state index in [1.807, 2.05) is 36.4 Å². The zero-order chi connectivity index (χ0) is 21.1. The van der Waals surface area contributed by atoms with E-state index >= 15 is 0 Å². The minimum atomic E-state index is -0.544. The van der Waals surface area contributed by atoms with Crippen LogP contribution in [0.3, 0.4) is 0 Å². The van der Waals surface area contributed by atoms with Gasteiger partial charge in [-0.05, 0) is 65.7 Å². The summed E-state index contributed by atoms with van der Waals surface area (Å²) in [5.74, 6) is -1.34. The third-order valence-corrected chi connectivity index (χ3v) is 5.04. The maximum absolute atomic E-state index is 13.6. The first-order chi connectivity index (χ1) is 14.5. The molecule has 6 heteroatoms. The maximum Gasteiger partial charge on any atom is 0.270 e. The van der Waals surface area contributed by atoms with Crippen molar-refractivity contribution in [2.75, 3.05) is 4.90 Å². The second-order valence-electron chi connectivity index (χ2n) is 6.80. The monoisotopic (exact) mass is 416 g/mol. The molecule has 0 radical (unpaired) electrons. The lowest BCUT2D eigenvalue weighted by atomic mass is 9.97. The largest absolute Gasteiger partial charge is 0.298 e. The zero-order valence-corrected chi connectivity index (χ0v) is 16.7. The average Bonchev–Trinajstić information content (AvgIpc) is 2.73. The van der Waals surface area contributed by atoms with E-state index in [1.54, 1.807) is 36.4 Å². The molecule has 1 aliphatic heterocycles. The van der Waals surface area contributed by atoms with Crippen LogP contribution in [0.1, 0.15) is 16.7 Å². The fourth-order valence-corrected chi connectivity index (χ4v) is 3.61. The van der Waals surface area contributed by atoms with E-state index in [1.165, 1.54) is 17.0 Å². The maximum atomic E-state index is 13.6. The molecule has 0 bridgehead atoms. The minimum Gasteiger partial charge on any atom is -0.298 e. The van der Waals surface area contributed by atoms with E-state index in [2.05, 4.69) is 5.32 Å². The number of thiocarbonyl (C=S) groups is 1. The van der Waals surface area contributed by atoms with Crippen molar-refractivity contribution in [3.8, 4) is 0 Å². The average molecular weight is 416 g/mol. The van der Waals surface area contributed by atoms with E-state index < -0.39 is 11.8 Å². The molecule has 3 aromatic carbocycles. The quantitative estimate of drug-likeness (QED) is 0.393. The van der Waals surface area contributed by atoms with Gasteiger partial charge in [0, 0.05) is 0 Å². The SMILES string of the molecule is O=C1NC(=S)N(c2ccccc2)C(=O)/C1=C\c1ccccc1Cc1cccc(F)c1. The summed E-state index contributed by atoms with van der Waals surface area (Å²) in [5.41, 5.74) is 2.94. The zero-order valence-electron chi connectivity index (χ0n) is 15.8. The molecule has 1 fully saturated rings. The van der Waals surface area contributed by atoms with Gasteiger partial charge in [-0.3, -0.25) is 19.8 Å². The van der Waals surface area contributed by atoms with Crippen LogP contribution in [0.2, 0.25) is 0 Å². The number of hydrogen-bond acceptors (Lipinski definition) is 3. The van der Waals surface area contributed by atoms with E-state index in [9.17, 15) is 14.0 Å². The number of nitrogens with zero attached hydrogens (tertiary/aromatic N) is 1. The Kier molecular flexibility index (Phi) is 5.50. The topological polar surface area (TPSA) is 49.4 Å². The normalized spacial score (nSPS) is 15.4. The summed E-state index contributed by atoms with van der Waals surface area (Å²) in [7, 11) is 0. The highest BCUT2D eigenvalue weighted by molar-refractivity contribution is 7.80. The molecule has 1 aliphatic rings. The number of carbonyl (C=O) groups is 2. The van der Waals surface area contributed by atoms with Gasteiger partial charge in [0.1, 0.15) is 11.4 Å². The summed E-state index contributed by atoms with van der Waals surface area (Å²) in [6, 6.07) is 22.7. The Balaban J connectivity index is 1.71. The van der Waals surface area contributed by atoms with Crippen molar-refractivity contribution in [3.63, 3.8) is 0 Å². The number of rotatable bonds is 4. The predicted octanol–water partition coefficient (Wildman–Crippen LogP) is 4.25. The summed E-state index contributed by atoms with van der Waals surface area (Å²) in [4.78, 5) is 27.0.